The Labute approximate surface area is 108 Å². The Kier molecular flexibility index (Phi) is 4.72. The fraction of sp³-hybridized carbons (Fsp3) is 0.300. The Balaban J connectivity index is 2.70. The van der Waals surface area contributed by atoms with Crippen LogP contribution < -0.4 is 5.32 Å². The van der Waals surface area contributed by atoms with E-state index >= 15 is 0 Å². The van der Waals surface area contributed by atoms with Crippen molar-refractivity contribution in [1.29, 1.82) is 0 Å². The number of hydrogen-bond donors (Lipinski definition) is 2. The largest absolute Gasteiger partial charge is 0.481 e. The summed E-state index contributed by atoms with van der Waals surface area (Å²) in [5.74, 6) is -1.42. The van der Waals surface area contributed by atoms with Crippen molar-refractivity contribution < 1.29 is 14.7 Å². The number of nitrogens with zero attached hydrogens (tertiary/aromatic N) is 1. The smallest absolute Gasteiger partial charge is 0.305 e. The van der Waals surface area contributed by atoms with E-state index in [-0.39, 0.29) is 22.2 Å². The highest BCUT2D eigenvalue weighted by atomic mass is 35.5. The van der Waals surface area contributed by atoms with Gasteiger partial charge in [0.25, 0.3) is 5.91 Å². The molecule has 92 valence electrons. The van der Waals surface area contributed by atoms with Gasteiger partial charge in [0.1, 0.15) is 5.15 Å². The SMILES string of the molecule is CC(CC(=O)O)NC(=O)c1cnc(Cl)c(Cl)c1. The number of carboxylic acids is 1. The Morgan fingerprint density at radius 3 is 2.71 bits per heavy atom. The second-order valence-corrected chi connectivity index (χ2v) is 4.23. The molecule has 0 aliphatic carbocycles. The number of aromatic nitrogens is 1. The maximum absolute atomic E-state index is 11.7. The minimum Gasteiger partial charge on any atom is -0.481 e. The third kappa shape index (κ3) is 4.20. The van der Waals surface area contributed by atoms with E-state index in [2.05, 4.69) is 10.3 Å². The zero-order valence-corrected chi connectivity index (χ0v) is 10.4. The Bertz CT molecular complexity index is 451. The van der Waals surface area contributed by atoms with Crippen molar-refractivity contribution in [2.45, 2.75) is 19.4 Å². The van der Waals surface area contributed by atoms with Gasteiger partial charge >= 0.3 is 5.97 Å². The maximum atomic E-state index is 11.7. The zero-order valence-electron chi connectivity index (χ0n) is 8.91. The van der Waals surface area contributed by atoms with Crippen LogP contribution in [0.3, 0.4) is 0 Å². The van der Waals surface area contributed by atoms with Crippen LogP contribution in [0, 0.1) is 0 Å². The molecule has 17 heavy (non-hydrogen) atoms. The lowest BCUT2D eigenvalue weighted by Crippen LogP contribution is -2.34. The van der Waals surface area contributed by atoms with Gasteiger partial charge in [-0.25, -0.2) is 4.98 Å². The Hall–Kier alpha value is -1.33. The second-order valence-electron chi connectivity index (χ2n) is 3.47. The molecule has 0 aliphatic rings. The summed E-state index contributed by atoms with van der Waals surface area (Å²) in [6.45, 7) is 1.59. The lowest BCUT2D eigenvalue weighted by Gasteiger charge is -2.11. The van der Waals surface area contributed by atoms with E-state index in [4.69, 9.17) is 28.3 Å². The maximum Gasteiger partial charge on any atom is 0.305 e. The first kappa shape index (κ1) is 13.7. The molecule has 5 nitrogen and oxygen atoms in total. The molecule has 1 rings (SSSR count). The highest BCUT2D eigenvalue weighted by Gasteiger charge is 2.13. The molecule has 1 aromatic heterocycles. The van der Waals surface area contributed by atoms with E-state index in [1.807, 2.05) is 0 Å². The molecular weight excluding hydrogens is 267 g/mol. The number of carbonyl (C=O) groups excluding carboxylic acids is 1. The third-order valence-electron chi connectivity index (χ3n) is 1.92. The molecule has 1 heterocycles. The van der Waals surface area contributed by atoms with Crippen LogP contribution in [0.2, 0.25) is 10.2 Å². The van der Waals surface area contributed by atoms with Crippen molar-refractivity contribution in [3.63, 3.8) is 0 Å². The monoisotopic (exact) mass is 276 g/mol. The molecule has 1 atom stereocenters. The molecule has 1 amide bonds. The van der Waals surface area contributed by atoms with Gasteiger partial charge in [-0.3, -0.25) is 9.59 Å². The number of aliphatic carboxylic acids is 1. The summed E-state index contributed by atoms with van der Waals surface area (Å²) < 4.78 is 0. The lowest BCUT2D eigenvalue weighted by molar-refractivity contribution is -0.137. The summed E-state index contributed by atoms with van der Waals surface area (Å²) in [4.78, 5) is 25.8. The van der Waals surface area contributed by atoms with Gasteiger partial charge in [-0.05, 0) is 13.0 Å². The summed E-state index contributed by atoms with van der Waals surface area (Å²) in [5.41, 5.74) is 0.233. The van der Waals surface area contributed by atoms with Crippen molar-refractivity contribution in [3.8, 4) is 0 Å². The number of amides is 1. The van der Waals surface area contributed by atoms with E-state index in [9.17, 15) is 9.59 Å². The van der Waals surface area contributed by atoms with Crippen LogP contribution in [-0.2, 0) is 4.79 Å². The van der Waals surface area contributed by atoms with Crippen LogP contribution in [0.4, 0.5) is 0 Å². The molecule has 0 radical (unpaired) electrons. The third-order valence-corrected chi connectivity index (χ3v) is 2.60. The fourth-order valence-corrected chi connectivity index (χ4v) is 1.44. The van der Waals surface area contributed by atoms with E-state index in [1.54, 1.807) is 6.92 Å². The van der Waals surface area contributed by atoms with Gasteiger partial charge in [0.15, 0.2) is 0 Å². The first-order valence-electron chi connectivity index (χ1n) is 4.74. The van der Waals surface area contributed by atoms with Crippen molar-refractivity contribution in [2.24, 2.45) is 0 Å². The molecule has 1 aromatic rings. The fourth-order valence-electron chi connectivity index (χ4n) is 1.17. The van der Waals surface area contributed by atoms with Gasteiger partial charge < -0.3 is 10.4 Å². The summed E-state index contributed by atoms with van der Waals surface area (Å²) in [6.07, 6.45) is 1.12. The number of hydrogen-bond acceptors (Lipinski definition) is 3. The number of carbonyl (C=O) groups is 2. The highest BCUT2D eigenvalue weighted by molar-refractivity contribution is 6.41. The predicted octanol–water partition coefficient (Wildman–Crippen LogP) is 1.98. The molecule has 0 aromatic carbocycles. The number of halogens is 2. The number of nitrogens with one attached hydrogen (secondary N) is 1. The van der Waals surface area contributed by atoms with Crippen molar-refractivity contribution >= 4 is 35.1 Å². The normalized spacial score (nSPS) is 11.9. The lowest BCUT2D eigenvalue weighted by atomic mass is 10.2. The summed E-state index contributed by atoms with van der Waals surface area (Å²) in [6, 6.07) is 0.897. The van der Waals surface area contributed by atoms with Crippen LogP contribution in [0.15, 0.2) is 12.3 Å². The van der Waals surface area contributed by atoms with Gasteiger partial charge in [-0.2, -0.15) is 0 Å². The van der Waals surface area contributed by atoms with Crippen LogP contribution in [0.25, 0.3) is 0 Å². The quantitative estimate of drug-likeness (QED) is 0.825. The van der Waals surface area contributed by atoms with E-state index in [0.29, 0.717) is 0 Å². The summed E-state index contributed by atoms with van der Waals surface area (Å²) in [5, 5.41) is 11.3. The molecule has 0 saturated carbocycles. The Morgan fingerprint density at radius 1 is 1.53 bits per heavy atom. The number of pyridine rings is 1. The van der Waals surface area contributed by atoms with E-state index < -0.39 is 17.9 Å². The molecule has 1 unspecified atom stereocenters. The van der Waals surface area contributed by atoms with Gasteiger partial charge in [0.2, 0.25) is 0 Å². The van der Waals surface area contributed by atoms with Crippen molar-refractivity contribution in [2.75, 3.05) is 0 Å². The van der Waals surface area contributed by atoms with E-state index in [0.717, 1.165) is 0 Å². The van der Waals surface area contributed by atoms with Crippen molar-refractivity contribution in [3.05, 3.63) is 28.0 Å². The van der Waals surface area contributed by atoms with E-state index in [1.165, 1.54) is 12.3 Å². The minimum absolute atomic E-state index is 0.113. The summed E-state index contributed by atoms with van der Waals surface area (Å²) >= 11 is 11.3. The molecular formula is C10H10Cl2N2O3. The molecule has 2 N–H and O–H groups in total. The van der Waals surface area contributed by atoms with Crippen LogP contribution in [-0.4, -0.2) is 28.0 Å². The molecule has 0 spiro atoms. The highest BCUT2D eigenvalue weighted by Crippen LogP contribution is 2.19. The topological polar surface area (TPSA) is 79.3 Å². The van der Waals surface area contributed by atoms with Gasteiger partial charge in [0, 0.05) is 12.2 Å². The first-order chi connectivity index (χ1) is 7.90. The molecule has 0 saturated heterocycles. The van der Waals surface area contributed by atoms with Gasteiger partial charge in [-0.15, -0.1) is 0 Å². The second kappa shape index (κ2) is 5.84. The van der Waals surface area contributed by atoms with Gasteiger partial charge in [0.05, 0.1) is 17.0 Å². The molecule has 0 bridgehead atoms. The van der Waals surface area contributed by atoms with Crippen molar-refractivity contribution in [1.82, 2.24) is 10.3 Å². The predicted molar refractivity (Wildman–Crippen MR) is 63.4 cm³/mol. The average molecular weight is 277 g/mol. The number of rotatable bonds is 4. The van der Waals surface area contributed by atoms with Crippen LogP contribution >= 0.6 is 23.2 Å². The number of carboxylic acid groups (broad SMARTS) is 1. The average Bonchev–Trinajstić information content (AvgIpc) is 2.20. The zero-order chi connectivity index (χ0) is 13.0. The van der Waals surface area contributed by atoms with Crippen LogP contribution in [0.1, 0.15) is 23.7 Å². The summed E-state index contributed by atoms with van der Waals surface area (Å²) in [7, 11) is 0. The standard InChI is InChI=1S/C10H10Cl2N2O3/c1-5(2-8(15)16)14-10(17)6-3-7(11)9(12)13-4-6/h3-5H,2H2,1H3,(H,14,17)(H,15,16). The first-order valence-corrected chi connectivity index (χ1v) is 5.49. The molecule has 7 heteroatoms. The minimum atomic E-state index is -0.981. The van der Waals surface area contributed by atoms with Gasteiger partial charge in [-0.1, -0.05) is 23.2 Å². The molecule has 0 fully saturated rings. The van der Waals surface area contributed by atoms with Crippen LogP contribution in [0.5, 0.6) is 0 Å². The Morgan fingerprint density at radius 2 is 2.18 bits per heavy atom. The molecule has 0 aliphatic heterocycles.